The van der Waals surface area contributed by atoms with Crippen LogP contribution in [0, 0.1) is 24.2 Å². The van der Waals surface area contributed by atoms with Gasteiger partial charge in [0, 0.05) is 12.6 Å². The van der Waals surface area contributed by atoms with Crippen molar-refractivity contribution in [3.63, 3.8) is 0 Å². The van der Waals surface area contributed by atoms with Gasteiger partial charge in [-0.3, -0.25) is 9.89 Å². The smallest absolute Gasteiger partial charge is 0.367 e. The summed E-state index contributed by atoms with van der Waals surface area (Å²) in [7, 11) is 0. The number of hydrogen-bond acceptors (Lipinski definition) is 4. The number of carbonyl (C=O) groups excluding carboxylic acids is 1. The first-order valence-electron chi connectivity index (χ1n) is 9.55. The van der Waals surface area contributed by atoms with Crippen molar-refractivity contribution in [3.05, 3.63) is 45.6 Å². The molecule has 0 unspecified atom stereocenters. The zero-order valence-corrected chi connectivity index (χ0v) is 17.0. The molecule has 160 valence electrons. The van der Waals surface area contributed by atoms with Crippen molar-refractivity contribution in [1.82, 2.24) is 15.5 Å². The van der Waals surface area contributed by atoms with Crippen molar-refractivity contribution in [2.24, 2.45) is 5.92 Å². The largest absolute Gasteiger partial charge is 0.416 e. The van der Waals surface area contributed by atoms with E-state index in [9.17, 15) is 18.0 Å². The lowest BCUT2D eigenvalue weighted by Gasteiger charge is -2.29. The number of H-pyrrole nitrogens is 1. The van der Waals surface area contributed by atoms with Crippen molar-refractivity contribution in [2.75, 3.05) is 11.9 Å². The lowest BCUT2D eigenvalue weighted by Crippen LogP contribution is -2.38. The number of amides is 1. The molecule has 0 atom stereocenters. The first-order chi connectivity index (χ1) is 14.2. The van der Waals surface area contributed by atoms with E-state index in [2.05, 4.69) is 26.9 Å². The van der Waals surface area contributed by atoms with E-state index < -0.39 is 17.6 Å². The van der Waals surface area contributed by atoms with Crippen LogP contribution in [0.5, 0.6) is 0 Å². The van der Waals surface area contributed by atoms with Crippen LogP contribution >= 0.6 is 11.6 Å². The van der Waals surface area contributed by atoms with Gasteiger partial charge in [0.1, 0.15) is 11.6 Å². The van der Waals surface area contributed by atoms with E-state index in [1.807, 2.05) is 0 Å². The third-order valence-electron chi connectivity index (χ3n) is 5.34. The number of halogens is 4. The maximum atomic E-state index is 12.9. The molecule has 3 N–H and O–H groups in total. The quantitative estimate of drug-likeness (QED) is 0.631. The molecule has 1 heterocycles. The van der Waals surface area contributed by atoms with Crippen molar-refractivity contribution in [3.8, 4) is 6.07 Å². The molecule has 1 aromatic carbocycles. The van der Waals surface area contributed by atoms with Crippen LogP contribution in [0.1, 0.15) is 52.9 Å². The van der Waals surface area contributed by atoms with Crippen LogP contribution < -0.4 is 10.6 Å². The number of aromatic nitrogens is 2. The molecule has 0 saturated heterocycles. The van der Waals surface area contributed by atoms with Crippen LogP contribution in [-0.2, 0) is 6.18 Å². The minimum atomic E-state index is -4.54. The molecule has 10 heteroatoms. The number of anilines is 1. The van der Waals surface area contributed by atoms with Gasteiger partial charge in [-0.05, 0) is 56.7 Å². The number of carbonyl (C=O) groups is 1. The molecule has 0 aliphatic heterocycles. The fourth-order valence-electron chi connectivity index (χ4n) is 3.58. The van der Waals surface area contributed by atoms with Crippen LogP contribution in [0.3, 0.4) is 0 Å². The Balaban J connectivity index is 1.52. The summed E-state index contributed by atoms with van der Waals surface area (Å²) in [4.78, 5) is 12.5. The topological polar surface area (TPSA) is 93.6 Å². The average molecular weight is 440 g/mol. The van der Waals surface area contributed by atoms with Gasteiger partial charge in [0.2, 0.25) is 0 Å². The number of benzene rings is 1. The molecule has 1 amide bonds. The summed E-state index contributed by atoms with van der Waals surface area (Å²) in [5.74, 6) is 0.279. The summed E-state index contributed by atoms with van der Waals surface area (Å²) < 4.78 is 38.7. The third-order valence-corrected chi connectivity index (χ3v) is 5.67. The molecule has 1 aliphatic rings. The normalized spacial score (nSPS) is 19.2. The van der Waals surface area contributed by atoms with E-state index in [4.69, 9.17) is 16.9 Å². The number of nitriles is 1. The summed E-state index contributed by atoms with van der Waals surface area (Å²) in [6, 6.07) is 4.72. The Bertz CT molecular complexity index is 958. The molecule has 0 bridgehead atoms. The Morgan fingerprint density at radius 1 is 1.33 bits per heavy atom. The average Bonchev–Trinajstić information content (AvgIpc) is 3.06. The summed E-state index contributed by atoms with van der Waals surface area (Å²) in [5, 5.41) is 22.0. The highest BCUT2D eigenvalue weighted by Crippen LogP contribution is 2.32. The number of nitrogens with zero attached hydrogens (tertiary/aromatic N) is 2. The maximum absolute atomic E-state index is 12.9. The van der Waals surface area contributed by atoms with Gasteiger partial charge in [0.25, 0.3) is 5.91 Å². The Kier molecular flexibility index (Phi) is 6.56. The minimum Gasteiger partial charge on any atom is -0.367 e. The van der Waals surface area contributed by atoms with E-state index in [-0.39, 0.29) is 16.6 Å². The molecule has 2 aromatic rings. The van der Waals surface area contributed by atoms with Gasteiger partial charge < -0.3 is 10.6 Å². The molecule has 1 aliphatic carbocycles. The fourth-order valence-corrected chi connectivity index (χ4v) is 3.79. The molecular formula is C20H21ClF3N5O. The Morgan fingerprint density at radius 2 is 2.03 bits per heavy atom. The third kappa shape index (κ3) is 5.05. The zero-order chi connectivity index (χ0) is 21.9. The number of hydrogen-bond donors (Lipinski definition) is 3. The maximum Gasteiger partial charge on any atom is 0.416 e. The van der Waals surface area contributed by atoms with Gasteiger partial charge in [0.15, 0.2) is 5.82 Å². The first-order valence-corrected chi connectivity index (χ1v) is 9.93. The molecule has 1 aromatic heterocycles. The minimum absolute atomic E-state index is 0.0130. The molecule has 30 heavy (non-hydrogen) atoms. The van der Waals surface area contributed by atoms with Crippen LogP contribution in [0.4, 0.5) is 19.0 Å². The van der Waals surface area contributed by atoms with E-state index in [0.717, 1.165) is 31.0 Å². The van der Waals surface area contributed by atoms with Crippen LogP contribution in [0.2, 0.25) is 5.02 Å². The Hall–Kier alpha value is -2.73. The van der Waals surface area contributed by atoms with Crippen molar-refractivity contribution in [2.45, 2.75) is 44.8 Å². The summed E-state index contributed by atoms with van der Waals surface area (Å²) >= 11 is 5.94. The predicted octanol–water partition coefficient (Wildman–Crippen LogP) is 4.66. The van der Waals surface area contributed by atoms with Crippen molar-refractivity contribution < 1.29 is 18.0 Å². The van der Waals surface area contributed by atoms with E-state index >= 15 is 0 Å². The highest BCUT2D eigenvalue weighted by atomic mass is 35.5. The number of rotatable bonds is 5. The first kappa shape index (κ1) is 22.0. The second kappa shape index (κ2) is 8.96. The predicted molar refractivity (Wildman–Crippen MR) is 106 cm³/mol. The zero-order valence-electron chi connectivity index (χ0n) is 16.2. The van der Waals surface area contributed by atoms with Gasteiger partial charge in [0.05, 0.1) is 21.8 Å². The van der Waals surface area contributed by atoms with Gasteiger partial charge in [-0.1, -0.05) is 11.6 Å². The van der Waals surface area contributed by atoms with E-state index in [1.54, 1.807) is 6.92 Å². The SMILES string of the molecule is Cc1[nH]nc(NCC2CCC(NC(=O)c3cc(C(F)(F)F)ccc3Cl)CC2)c1C#N. The molecule has 3 rings (SSSR count). The molecular weight excluding hydrogens is 419 g/mol. The van der Waals surface area contributed by atoms with Gasteiger partial charge in [-0.2, -0.15) is 23.5 Å². The lowest BCUT2D eigenvalue weighted by molar-refractivity contribution is -0.137. The monoisotopic (exact) mass is 439 g/mol. The Labute approximate surface area is 176 Å². The molecule has 0 radical (unpaired) electrons. The number of aryl methyl sites for hydroxylation is 1. The van der Waals surface area contributed by atoms with Gasteiger partial charge in [-0.25, -0.2) is 0 Å². The lowest BCUT2D eigenvalue weighted by atomic mass is 9.86. The standard InChI is InChI=1S/C20H21ClF3N5O/c1-11-16(9-25)18(29-28-11)26-10-12-2-5-14(6-3-12)27-19(30)15-8-13(20(22,23)24)4-7-17(15)21/h4,7-8,12,14H,2-3,5-6,10H2,1H3,(H,27,30)(H2,26,28,29). The summed E-state index contributed by atoms with van der Waals surface area (Å²) in [6.07, 6.45) is -1.46. The van der Waals surface area contributed by atoms with Gasteiger partial charge in [-0.15, -0.1) is 0 Å². The second-order valence-electron chi connectivity index (χ2n) is 7.45. The molecule has 0 spiro atoms. The summed E-state index contributed by atoms with van der Waals surface area (Å²) in [6.45, 7) is 2.43. The highest BCUT2D eigenvalue weighted by molar-refractivity contribution is 6.33. The van der Waals surface area contributed by atoms with Crippen molar-refractivity contribution in [1.29, 1.82) is 5.26 Å². The van der Waals surface area contributed by atoms with E-state index in [1.165, 1.54) is 0 Å². The van der Waals surface area contributed by atoms with Crippen LogP contribution in [-0.4, -0.2) is 28.7 Å². The van der Waals surface area contributed by atoms with Crippen LogP contribution in [0.25, 0.3) is 0 Å². The number of nitrogens with one attached hydrogen (secondary N) is 3. The van der Waals surface area contributed by atoms with Gasteiger partial charge >= 0.3 is 6.18 Å². The molecule has 1 fully saturated rings. The van der Waals surface area contributed by atoms with Crippen molar-refractivity contribution >= 4 is 23.3 Å². The molecule has 1 saturated carbocycles. The van der Waals surface area contributed by atoms with Crippen LogP contribution in [0.15, 0.2) is 18.2 Å². The highest BCUT2D eigenvalue weighted by Gasteiger charge is 2.32. The molecule has 6 nitrogen and oxygen atoms in total. The number of alkyl halides is 3. The Morgan fingerprint density at radius 3 is 2.67 bits per heavy atom. The summed E-state index contributed by atoms with van der Waals surface area (Å²) in [5.41, 5.74) is 0.124. The van der Waals surface area contributed by atoms with E-state index in [0.29, 0.717) is 42.4 Å². The second-order valence-corrected chi connectivity index (χ2v) is 7.86. The fraction of sp³-hybridized carbons (Fsp3) is 0.450. The number of aromatic amines is 1.